The molecule has 0 radical (unpaired) electrons. The van der Waals surface area contributed by atoms with Gasteiger partial charge in [-0.1, -0.05) is 0 Å². The number of aryl methyl sites for hydroxylation is 2. The highest BCUT2D eigenvalue weighted by Crippen LogP contribution is 2.18. The Morgan fingerprint density at radius 1 is 1.37 bits per heavy atom. The minimum Gasteiger partial charge on any atom is -0.364 e. The van der Waals surface area contributed by atoms with Crippen molar-refractivity contribution in [3.05, 3.63) is 51.7 Å². The molecule has 2 aromatic rings. The van der Waals surface area contributed by atoms with E-state index < -0.39 is 4.92 Å². The third-order valence-electron chi connectivity index (χ3n) is 2.56. The van der Waals surface area contributed by atoms with Gasteiger partial charge in [0.15, 0.2) is 0 Å². The van der Waals surface area contributed by atoms with E-state index in [1.165, 1.54) is 6.20 Å². The summed E-state index contributed by atoms with van der Waals surface area (Å²) in [4.78, 5) is 22.5. The summed E-state index contributed by atoms with van der Waals surface area (Å²) in [6.45, 7) is 3.99. The van der Waals surface area contributed by atoms with Gasteiger partial charge in [-0.15, -0.1) is 0 Å². The summed E-state index contributed by atoms with van der Waals surface area (Å²) < 4.78 is 0. The smallest absolute Gasteiger partial charge is 0.290 e. The van der Waals surface area contributed by atoms with Gasteiger partial charge in [0, 0.05) is 11.8 Å². The van der Waals surface area contributed by atoms with E-state index in [1.807, 2.05) is 6.92 Å². The Kier molecular flexibility index (Phi) is 3.65. The Balaban J connectivity index is 2.08. The lowest BCUT2D eigenvalue weighted by molar-refractivity contribution is -0.385. The average molecular weight is 259 g/mol. The first kappa shape index (κ1) is 12.9. The Morgan fingerprint density at radius 3 is 2.79 bits per heavy atom. The summed E-state index contributed by atoms with van der Waals surface area (Å²) in [6.07, 6.45) is 2.94. The predicted octanol–water partition coefficient (Wildman–Crippen LogP) is 2.01. The highest BCUT2D eigenvalue weighted by Gasteiger charge is 2.11. The van der Waals surface area contributed by atoms with Crippen LogP contribution in [0.2, 0.25) is 0 Å². The number of pyridine rings is 1. The monoisotopic (exact) mass is 259 g/mol. The number of anilines is 1. The van der Waals surface area contributed by atoms with E-state index in [2.05, 4.69) is 20.3 Å². The number of nitro groups is 1. The average Bonchev–Trinajstić information content (AvgIpc) is 2.36. The van der Waals surface area contributed by atoms with Gasteiger partial charge >= 0.3 is 0 Å². The molecule has 2 heterocycles. The van der Waals surface area contributed by atoms with Gasteiger partial charge < -0.3 is 5.32 Å². The van der Waals surface area contributed by atoms with Crippen LogP contribution in [-0.2, 0) is 6.54 Å². The molecule has 0 aromatic carbocycles. The molecule has 0 aliphatic heterocycles. The molecule has 7 nitrogen and oxygen atoms in total. The van der Waals surface area contributed by atoms with Crippen LogP contribution in [0.5, 0.6) is 0 Å². The first-order valence-corrected chi connectivity index (χ1v) is 5.69. The van der Waals surface area contributed by atoms with Gasteiger partial charge in [-0.3, -0.25) is 10.1 Å². The van der Waals surface area contributed by atoms with Crippen LogP contribution < -0.4 is 5.32 Å². The molecule has 0 aliphatic rings. The standard InChI is InChI=1S/C12H13N5O2/c1-8-5-12(15-7-11(8)17(18)19)14-6-10-3-4-13-9(2)16-10/h3-5,7H,6H2,1-2H3,(H,14,15). The highest BCUT2D eigenvalue weighted by atomic mass is 16.6. The van der Waals surface area contributed by atoms with Gasteiger partial charge in [-0.05, 0) is 26.0 Å². The number of nitrogens with one attached hydrogen (secondary N) is 1. The van der Waals surface area contributed by atoms with E-state index in [1.54, 1.807) is 25.3 Å². The van der Waals surface area contributed by atoms with Crippen LogP contribution >= 0.6 is 0 Å². The molecule has 0 spiro atoms. The zero-order valence-corrected chi connectivity index (χ0v) is 10.6. The van der Waals surface area contributed by atoms with Crippen LogP contribution in [0.25, 0.3) is 0 Å². The van der Waals surface area contributed by atoms with Crippen molar-refractivity contribution in [1.29, 1.82) is 0 Å². The van der Waals surface area contributed by atoms with Crippen molar-refractivity contribution in [2.24, 2.45) is 0 Å². The molecule has 2 aromatic heterocycles. The number of hydrogen-bond acceptors (Lipinski definition) is 6. The fraction of sp³-hybridized carbons (Fsp3) is 0.250. The second kappa shape index (κ2) is 5.38. The van der Waals surface area contributed by atoms with Crippen molar-refractivity contribution in [1.82, 2.24) is 15.0 Å². The van der Waals surface area contributed by atoms with Gasteiger partial charge in [0.2, 0.25) is 0 Å². The number of nitrogens with zero attached hydrogens (tertiary/aromatic N) is 4. The first-order chi connectivity index (χ1) is 9.06. The zero-order chi connectivity index (χ0) is 13.8. The van der Waals surface area contributed by atoms with Crippen LogP contribution in [0.15, 0.2) is 24.5 Å². The molecule has 0 bridgehead atoms. The second-order valence-electron chi connectivity index (χ2n) is 4.06. The van der Waals surface area contributed by atoms with Gasteiger partial charge in [-0.2, -0.15) is 0 Å². The van der Waals surface area contributed by atoms with E-state index in [9.17, 15) is 10.1 Å². The molecule has 98 valence electrons. The maximum Gasteiger partial charge on any atom is 0.290 e. The summed E-state index contributed by atoms with van der Waals surface area (Å²) >= 11 is 0. The maximum absolute atomic E-state index is 10.7. The molecule has 0 atom stereocenters. The lowest BCUT2D eigenvalue weighted by Crippen LogP contribution is -2.05. The molecule has 0 unspecified atom stereocenters. The van der Waals surface area contributed by atoms with Crippen LogP contribution in [0, 0.1) is 24.0 Å². The predicted molar refractivity (Wildman–Crippen MR) is 69.7 cm³/mol. The number of rotatable bonds is 4. The van der Waals surface area contributed by atoms with E-state index in [0.717, 1.165) is 5.69 Å². The lowest BCUT2D eigenvalue weighted by Gasteiger charge is -2.06. The second-order valence-corrected chi connectivity index (χ2v) is 4.06. The molecule has 19 heavy (non-hydrogen) atoms. The van der Waals surface area contributed by atoms with Gasteiger partial charge in [0.05, 0.1) is 17.2 Å². The molecule has 0 saturated carbocycles. The lowest BCUT2D eigenvalue weighted by atomic mass is 10.2. The molecule has 2 rings (SSSR count). The van der Waals surface area contributed by atoms with Crippen molar-refractivity contribution in [2.45, 2.75) is 20.4 Å². The Labute approximate surface area is 109 Å². The molecular weight excluding hydrogens is 246 g/mol. The van der Waals surface area contributed by atoms with Crippen LogP contribution in [0.4, 0.5) is 11.5 Å². The molecule has 7 heteroatoms. The van der Waals surface area contributed by atoms with Gasteiger partial charge in [0.1, 0.15) is 17.8 Å². The van der Waals surface area contributed by atoms with E-state index in [0.29, 0.717) is 23.8 Å². The molecule has 0 fully saturated rings. The largest absolute Gasteiger partial charge is 0.364 e. The first-order valence-electron chi connectivity index (χ1n) is 5.69. The third kappa shape index (κ3) is 3.21. The molecular formula is C12H13N5O2. The summed E-state index contributed by atoms with van der Waals surface area (Å²) in [5.41, 5.74) is 1.43. The van der Waals surface area contributed by atoms with Gasteiger partial charge in [0.25, 0.3) is 5.69 Å². The van der Waals surface area contributed by atoms with Crippen LogP contribution in [-0.4, -0.2) is 19.9 Å². The maximum atomic E-state index is 10.7. The molecule has 0 aliphatic carbocycles. The van der Waals surface area contributed by atoms with Crippen molar-refractivity contribution in [3.8, 4) is 0 Å². The molecule has 0 amide bonds. The Morgan fingerprint density at radius 2 is 2.16 bits per heavy atom. The summed E-state index contributed by atoms with van der Waals surface area (Å²) in [5.74, 6) is 1.28. The Bertz CT molecular complexity index is 615. The highest BCUT2D eigenvalue weighted by molar-refractivity contribution is 5.46. The van der Waals surface area contributed by atoms with Crippen LogP contribution in [0.3, 0.4) is 0 Å². The zero-order valence-electron chi connectivity index (χ0n) is 10.6. The minimum absolute atomic E-state index is 0.0171. The molecule has 1 N–H and O–H groups in total. The quantitative estimate of drug-likeness (QED) is 0.666. The van der Waals surface area contributed by atoms with Crippen LogP contribution in [0.1, 0.15) is 17.1 Å². The van der Waals surface area contributed by atoms with Crippen molar-refractivity contribution >= 4 is 11.5 Å². The Hall–Kier alpha value is -2.57. The van der Waals surface area contributed by atoms with E-state index >= 15 is 0 Å². The normalized spacial score (nSPS) is 10.2. The fourth-order valence-electron chi connectivity index (χ4n) is 1.62. The molecule has 0 saturated heterocycles. The van der Waals surface area contributed by atoms with E-state index in [-0.39, 0.29) is 5.69 Å². The number of hydrogen-bond donors (Lipinski definition) is 1. The number of aromatic nitrogens is 3. The van der Waals surface area contributed by atoms with Crippen molar-refractivity contribution in [2.75, 3.05) is 5.32 Å². The topological polar surface area (TPSA) is 93.8 Å². The summed E-state index contributed by atoms with van der Waals surface area (Å²) in [5, 5.41) is 13.7. The summed E-state index contributed by atoms with van der Waals surface area (Å²) in [6, 6.07) is 3.45. The minimum atomic E-state index is -0.445. The third-order valence-corrected chi connectivity index (χ3v) is 2.56. The summed E-state index contributed by atoms with van der Waals surface area (Å²) in [7, 11) is 0. The fourth-order valence-corrected chi connectivity index (χ4v) is 1.62. The van der Waals surface area contributed by atoms with Gasteiger partial charge in [-0.25, -0.2) is 15.0 Å². The SMILES string of the molecule is Cc1nccc(CNc2cc(C)c([N+](=O)[O-])cn2)n1. The van der Waals surface area contributed by atoms with Crippen molar-refractivity contribution in [3.63, 3.8) is 0 Å². The van der Waals surface area contributed by atoms with E-state index in [4.69, 9.17) is 0 Å². The van der Waals surface area contributed by atoms with Crippen molar-refractivity contribution < 1.29 is 4.92 Å².